The molecule has 1 aliphatic heterocycles. The van der Waals surface area contributed by atoms with Crippen molar-refractivity contribution in [2.45, 2.75) is 24.7 Å². The Hall–Kier alpha value is -3.49. The monoisotopic (exact) mass is 478 g/mol. The second-order valence-electron chi connectivity index (χ2n) is 8.35. The van der Waals surface area contributed by atoms with Crippen molar-refractivity contribution in [2.75, 3.05) is 18.4 Å². The summed E-state index contributed by atoms with van der Waals surface area (Å²) < 4.78 is 33.0. The van der Waals surface area contributed by atoms with Gasteiger partial charge in [0.1, 0.15) is 5.75 Å². The molecule has 3 aromatic carbocycles. The Morgan fingerprint density at radius 3 is 2.29 bits per heavy atom. The molecule has 0 aromatic heterocycles. The highest BCUT2D eigenvalue weighted by Crippen LogP contribution is 2.25. The standard InChI is InChI=1S/C26H26N2O5S/c1-19-13-15-28(16-14-19)34(31,32)24-12-5-9-21(17-24)26(30)33-23-11-6-10-22(18-23)27-25(29)20-7-3-2-4-8-20/h2-12,17-19H,13-16H2,1H3,(H,27,29). The van der Waals surface area contributed by atoms with E-state index in [1.165, 1.54) is 34.6 Å². The first-order valence-corrected chi connectivity index (χ1v) is 12.6. The van der Waals surface area contributed by atoms with Crippen LogP contribution in [0.2, 0.25) is 0 Å². The first-order chi connectivity index (χ1) is 16.3. The Morgan fingerprint density at radius 2 is 1.56 bits per heavy atom. The minimum atomic E-state index is -3.68. The summed E-state index contributed by atoms with van der Waals surface area (Å²) in [4.78, 5) is 25.2. The summed E-state index contributed by atoms with van der Waals surface area (Å²) in [5.74, 6) is -0.236. The lowest BCUT2D eigenvalue weighted by molar-refractivity contribution is 0.0734. The minimum Gasteiger partial charge on any atom is -0.423 e. The molecule has 0 spiro atoms. The number of nitrogens with zero attached hydrogens (tertiary/aromatic N) is 1. The summed E-state index contributed by atoms with van der Waals surface area (Å²) >= 11 is 0. The largest absolute Gasteiger partial charge is 0.423 e. The molecule has 0 unspecified atom stereocenters. The molecule has 0 saturated carbocycles. The Morgan fingerprint density at radius 1 is 0.882 bits per heavy atom. The van der Waals surface area contributed by atoms with E-state index in [9.17, 15) is 18.0 Å². The van der Waals surface area contributed by atoms with Gasteiger partial charge in [-0.3, -0.25) is 4.79 Å². The molecule has 1 N–H and O–H groups in total. The van der Waals surface area contributed by atoms with Crippen LogP contribution in [0.15, 0.2) is 83.8 Å². The quantitative estimate of drug-likeness (QED) is 0.414. The van der Waals surface area contributed by atoms with Gasteiger partial charge in [0.05, 0.1) is 10.5 Å². The van der Waals surface area contributed by atoms with Crippen molar-refractivity contribution in [3.05, 3.63) is 90.0 Å². The summed E-state index contributed by atoms with van der Waals surface area (Å²) in [6.45, 7) is 3.06. The second kappa shape index (κ2) is 10.2. The molecule has 0 atom stereocenters. The van der Waals surface area contributed by atoms with Gasteiger partial charge in [-0.05, 0) is 61.2 Å². The molecule has 1 saturated heterocycles. The molecule has 8 heteroatoms. The summed E-state index contributed by atoms with van der Waals surface area (Å²) in [7, 11) is -3.68. The number of sulfonamides is 1. The molecule has 7 nitrogen and oxygen atoms in total. The molecule has 176 valence electrons. The van der Waals surface area contributed by atoms with E-state index in [0.717, 1.165) is 12.8 Å². The summed E-state index contributed by atoms with van der Waals surface area (Å²) in [6, 6.07) is 21.1. The molecule has 0 bridgehead atoms. The molecule has 1 aliphatic rings. The number of anilines is 1. The third-order valence-electron chi connectivity index (χ3n) is 5.79. The average molecular weight is 479 g/mol. The fourth-order valence-electron chi connectivity index (χ4n) is 3.75. The Kier molecular flexibility index (Phi) is 7.09. The number of amides is 1. The maximum atomic E-state index is 13.0. The van der Waals surface area contributed by atoms with Crippen molar-refractivity contribution in [2.24, 2.45) is 5.92 Å². The zero-order chi connectivity index (χ0) is 24.1. The molecule has 1 amide bonds. The highest BCUT2D eigenvalue weighted by Gasteiger charge is 2.28. The summed E-state index contributed by atoms with van der Waals surface area (Å²) in [5.41, 5.74) is 1.10. The highest BCUT2D eigenvalue weighted by molar-refractivity contribution is 7.89. The Bertz CT molecular complexity index is 1280. The van der Waals surface area contributed by atoms with E-state index in [-0.39, 0.29) is 22.1 Å². The van der Waals surface area contributed by atoms with Crippen molar-refractivity contribution in [3.8, 4) is 5.75 Å². The van der Waals surface area contributed by atoms with E-state index in [1.807, 2.05) is 6.07 Å². The third kappa shape index (κ3) is 5.52. The van der Waals surface area contributed by atoms with Crippen molar-refractivity contribution < 1.29 is 22.7 Å². The average Bonchev–Trinajstić information content (AvgIpc) is 2.85. The third-order valence-corrected chi connectivity index (χ3v) is 7.68. The second-order valence-corrected chi connectivity index (χ2v) is 10.3. The van der Waals surface area contributed by atoms with Gasteiger partial charge in [-0.25, -0.2) is 13.2 Å². The number of nitrogens with one attached hydrogen (secondary N) is 1. The van der Waals surface area contributed by atoms with E-state index in [4.69, 9.17) is 4.74 Å². The number of rotatable bonds is 6. The number of carbonyl (C=O) groups is 2. The van der Waals surface area contributed by atoms with Gasteiger partial charge >= 0.3 is 5.97 Å². The number of ether oxygens (including phenoxy) is 1. The van der Waals surface area contributed by atoms with Crippen LogP contribution in [0.3, 0.4) is 0 Å². The van der Waals surface area contributed by atoms with Crippen LogP contribution in [0.4, 0.5) is 5.69 Å². The SMILES string of the molecule is CC1CCN(S(=O)(=O)c2cccc(C(=O)Oc3cccc(NC(=O)c4ccccc4)c3)c2)CC1. The van der Waals surface area contributed by atoms with E-state index in [2.05, 4.69) is 12.2 Å². The normalized spacial score (nSPS) is 15.0. The smallest absolute Gasteiger partial charge is 0.343 e. The van der Waals surface area contributed by atoms with Gasteiger partial charge in [-0.1, -0.05) is 37.3 Å². The zero-order valence-corrected chi connectivity index (χ0v) is 19.6. The van der Waals surface area contributed by atoms with Crippen LogP contribution in [0.25, 0.3) is 0 Å². The summed E-state index contributed by atoms with van der Waals surface area (Å²) in [5, 5.41) is 2.76. The molecule has 4 rings (SSSR count). The predicted octanol–water partition coefficient (Wildman–Crippen LogP) is 4.58. The lowest BCUT2D eigenvalue weighted by Gasteiger charge is -2.29. The van der Waals surface area contributed by atoms with Gasteiger partial charge < -0.3 is 10.1 Å². The minimum absolute atomic E-state index is 0.0698. The van der Waals surface area contributed by atoms with Crippen molar-refractivity contribution in [1.82, 2.24) is 4.31 Å². The number of hydrogen-bond acceptors (Lipinski definition) is 5. The topological polar surface area (TPSA) is 92.8 Å². The molecule has 1 heterocycles. The molecule has 34 heavy (non-hydrogen) atoms. The van der Waals surface area contributed by atoms with E-state index >= 15 is 0 Å². The molecular weight excluding hydrogens is 452 g/mol. The molecule has 0 radical (unpaired) electrons. The van der Waals surface area contributed by atoms with Crippen molar-refractivity contribution in [1.29, 1.82) is 0 Å². The van der Waals surface area contributed by atoms with Crippen LogP contribution < -0.4 is 10.1 Å². The van der Waals surface area contributed by atoms with Crippen LogP contribution in [-0.2, 0) is 10.0 Å². The van der Waals surface area contributed by atoms with Crippen molar-refractivity contribution >= 4 is 27.6 Å². The van der Waals surface area contributed by atoms with Gasteiger partial charge in [0.2, 0.25) is 10.0 Å². The summed E-state index contributed by atoms with van der Waals surface area (Å²) in [6.07, 6.45) is 1.64. The van der Waals surface area contributed by atoms with Crippen LogP contribution in [0, 0.1) is 5.92 Å². The first-order valence-electron chi connectivity index (χ1n) is 11.1. The highest BCUT2D eigenvalue weighted by atomic mass is 32.2. The molecule has 1 fully saturated rings. The number of hydrogen-bond donors (Lipinski definition) is 1. The first kappa shape index (κ1) is 23.7. The van der Waals surface area contributed by atoms with E-state index in [1.54, 1.807) is 42.5 Å². The van der Waals surface area contributed by atoms with Crippen LogP contribution in [-0.4, -0.2) is 37.7 Å². The van der Waals surface area contributed by atoms with Gasteiger partial charge in [-0.15, -0.1) is 0 Å². The number of piperidine rings is 1. The van der Waals surface area contributed by atoms with Crippen molar-refractivity contribution in [3.63, 3.8) is 0 Å². The number of benzene rings is 3. The van der Waals surface area contributed by atoms with Gasteiger partial charge in [0, 0.05) is 30.4 Å². The van der Waals surface area contributed by atoms with E-state index < -0.39 is 16.0 Å². The van der Waals surface area contributed by atoms with Gasteiger partial charge in [0.15, 0.2) is 0 Å². The lowest BCUT2D eigenvalue weighted by Crippen LogP contribution is -2.37. The Balaban J connectivity index is 1.46. The van der Waals surface area contributed by atoms with Gasteiger partial charge in [0.25, 0.3) is 5.91 Å². The maximum absolute atomic E-state index is 13.0. The lowest BCUT2D eigenvalue weighted by atomic mass is 10.0. The van der Waals surface area contributed by atoms with E-state index in [0.29, 0.717) is 30.3 Å². The van der Waals surface area contributed by atoms with Crippen LogP contribution in [0.1, 0.15) is 40.5 Å². The Labute approximate surface area is 199 Å². The fraction of sp³-hybridized carbons (Fsp3) is 0.231. The fourth-order valence-corrected chi connectivity index (χ4v) is 5.27. The van der Waals surface area contributed by atoms with Crippen LogP contribution >= 0.6 is 0 Å². The van der Waals surface area contributed by atoms with Crippen LogP contribution in [0.5, 0.6) is 5.75 Å². The molecule has 0 aliphatic carbocycles. The molecule has 3 aromatic rings. The number of esters is 1. The van der Waals surface area contributed by atoms with Gasteiger partial charge in [-0.2, -0.15) is 4.31 Å². The maximum Gasteiger partial charge on any atom is 0.343 e. The number of carbonyl (C=O) groups excluding carboxylic acids is 2. The zero-order valence-electron chi connectivity index (χ0n) is 18.8. The predicted molar refractivity (Wildman–Crippen MR) is 129 cm³/mol. The molecular formula is C26H26N2O5S.